The topological polar surface area (TPSA) is 58.4 Å². The molecule has 0 aromatic heterocycles. The number of allylic oxidation sites excluding steroid dienone is 1. The van der Waals surface area contributed by atoms with E-state index in [4.69, 9.17) is 5.73 Å². The zero-order chi connectivity index (χ0) is 11.2. The first-order valence-electron chi connectivity index (χ1n) is 6.17. The van der Waals surface area contributed by atoms with Gasteiger partial charge >= 0.3 is 0 Å². The first-order valence-corrected chi connectivity index (χ1v) is 6.17. The molecular weight excluding hydrogens is 238 g/mol. The van der Waals surface area contributed by atoms with Crippen molar-refractivity contribution >= 4 is 18.3 Å². The van der Waals surface area contributed by atoms with E-state index in [2.05, 4.69) is 16.3 Å². The molecule has 1 spiro atoms. The summed E-state index contributed by atoms with van der Waals surface area (Å²) in [6.45, 7) is 2.85. The Bertz CT molecular complexity index is 352. The zero-order valence-electron chi connectivity index (χ0n) is 9.95. The van der Waals surface area contributed by atoms with Crippen LogP contribution in [0.1, 0.15) is 25.7 Å². The highest BCUT2D eigenvalue weighted by Crippen LogP contribution is 2.37. The second-order valence-electron chi connectivity index (χ2n) is 5.40. The van der Waals surface area contributed by atoms with Crippen LogP contribution in [0.25, 0.3) is 0 Å². The van der Waals surface area contributed by atoms with E-state index in [1.807, 2.05) is 0 Å². The first kappa shape index (κ1) is 12.7. The Morgan fingerprint density at radius 3 is 2.88 bits per heavy atom. The van der Waals surface area contributed by atoms with E-state index >= 15 is 0 Å². The summed E-state index contributed by atoms with van der Waals surface area (Å²) in [6, 6.07) is 0. The molecule has 3 N–H and O–H groups in total. The molecule has 2 heterocycles. The molecular formula is C12H20ClN3O. The van der Waals surface area contributed by atoms with Gasteiger partial charge in [0.15, 0.2) is 0 Å². The minimum atomic E-state index is -0.156. The van der Waals surface area contributed by atoms with Crippen LogP contribution >= 0.6 is 12.4 Å². The van der Waals surface area contributed by atoms with E-state index in [1.54, 1.807) is 0 Å². The number of halogens is 1. The third-order valence-corrected chi connectivity index (χ3v) is 4.34. The molecule has 5 heteroatoms. The van der Waals surface area contributed by atoms with E-state index in [1.165, 1.54) is 25.0 Å². The summed E-state index contributed by atoms with van der Waals surface area (Å²) in [4.78, 5) is 13.6. The van der Waals surface area contributed by atoms with Gasteiger partial charge in [0.05, 0.1) is 5.92 Å². The lowest BCUT2D eigenvalue weighted by Gasteiger charge is -2.52. The van der Waals surface area contributed by atoms with Gasteiger partial charge in [-0.1, -0.05) is 6.08 Å². The van der Waals surface area contributed by atoms with Crippen LogP contribution in [-0.4, -0.2) is 36.0 Å². The molecule has 4 nitrogen and oxygen atoms in total. The maximum atomic E-state index is 11.2. The van der Waals surface area contributed by atoms with Crippen molar-refractivity contribution in [3.8, 4) is 0 Å². The Morgan fingerprint density at radius 2 is 2.29 bits per heavy atom. The standard InChI is InChI=1S/C12H19N3O.ClH/c13-11(16)9-2-3-10-6-14-12(4-1-5-12)8-15(10)7-9;/h3,9,14H,1-2,4-8H2,(H2,13,16);1H. The van der Waals surface area contributed by atoms with Gasteiger partial charge < -0.3 is 16.0 Å². The van der Waals surface area contributed by atoms with Crippen LogP contribution in [0.5, 0.6) is 0 Å². The van der Waals surface area contributed by atoms with E-state index in [9.17, 15) is 4.79 Å². The average molecular weight is 258 g/mol. The molecule has 1 aliphatic carbocycles. The predicted molar refractivity (Wildman–Crippen MR) is 68.8 cm³/mol. The summed E-state index contributed by atoms with van der Waals surface area (Å²) in [7, 11) is 0. The van der Waals surface area contributed by atoms with Crippen molar-refractivity contribution in [2.45, 2.75) is 31.2 Å². The Hall–Kier alpha value is -0.740. The molecule has 0 aromatic rings. The molecule has 2 fully saturated rings. The highest BCUT2D eigenvalue weighted by Gasteiger charge is 2.42. The molecule has 2 aliphatic heterocycles. The number of hydrogen-bond acceptors (Lipinski definition) is 3. The number of carbonyl (C=O) groups is 1. The lowest BCUT2D eigenvalue weighted by atomic mass is 9.74. The quantitative estimate of drug-likeness (QED) is 0.724. The molecule has 0 radical (unpaired) electrons. The van der Waals surface area contributed by atoms with Crippen molar-refractivity contribution in [2.24, 2.45) is 11.7 Å². The fourth-order valence-corrected chi connectivity index (χ4v) is 3.06. The van der Waals surface area contributed by atoms with Gasteiger partial charge in [-0.05, 0) is 25.7 Å². The fourth-order valence-electron chi connectivity index (χ4n) is 3.06. The maximum absolute atomic E-state index is 11.2. The summed E-state index contributed by atoms with van der Waals surface area (Å²) in [5, 5.41) is 3.65. The van der Waals surface area contributed by atoms with Gasteiger partial charge in [-0.2, -0.15) is 0 Å². The van der Waals surface area contributed by atoms with E-state index < -0.39 is 0 Å². The number of carbonyl (C=O) groups excluding carboxylic acids is 1. The lowest BCUT2D eigenvalue weighted by Crippen LogP contribution is -2.64. The van der Waals surface area contributed by atoms with Crippen LogP contribution in [0.3, 0.4) is 0 Å². The summed E-state index contributed by atoms with van der Waals surface area (Å²) in [5.41, 5.74) is 7.09. The molecule has 1 atom stereocenters. The largest absolute Gasteiger partial charge is 0.371 e. The molecule has 1 unspecified atom stereocenters. The van der Waals surface area contributed by atoms with Crippen LogP contribution in [0.2, 0.25) is 0 Å². The summed E-state index contributed by atoms with van der Waals surface area (Å²) < 4.78 is 0. The number of rotatable bonds is 1. The number of nitrogens with two attached hydrogens (primary N) is 1. The predicted octanol–water partition coefficient (Wildman–Crippen LogP) is 0.625. The second kappa shape index (κ2) is 4.50. The SMILES string of the molecule is Cl.NC(=O)C1CC=C2CNC3(CCC3)CN2C1. The Kier molecular flexibility index (Phi) is 3.36. The van der Waals surface area contributed by atoms with Gasteiger partial charge in [-0.15, -0.1) is 12.4 Å². The van der Waals surface area contributed by atoms with E-state index in [-0.39, 0.29) is 24.2 Å². The molecule has 1 saturated heterocycles. The highest BCUT2D eigenvalue weighted by atomic mass is 35.5. The van der Waals surface area contributed by atoms with Gasteiger partial charge in [0.25, 0.3) is 0 Å². The summed E-state index contributed by atoms with van der Waals surface area (Å²) in [6.07, 6.45) is 6.88. The van der Waals surface area contributed by atoms with Crippen molar-refractivity contribution in [3.05, 3.63) is 11.8 Å². The number of nitrogens with zero attached hydrogens (tertiary/aromatic N) is 1. The normalized spacial score (nSPS) is 29.8. The highest BCUT2D eigenvalue weighted by molar-refractivity contribution is 5.85. The van der Waals surface area contributed by atoms with Gasteiger partial charge in [0.2, 0.25) is 5.91 Å². The van der Waals surface area contributed by atoms with Crippen LogP contribution in [0.4, 0.5) is 0 Å². The molecule has 1 amide bonds. The minimum absolute atomic E-state index is 0. The zero-order valence-corrected chi connectivity index (χ0v) is 10.8. The number of amides is 1. The molecule has 1 saturated carbocycles. The van der Waals surface area contributed by atoms with Gasteiger partial charge in [0.1, 0.15) is 0 Å². The van der Waals surface area contributed by atoms with Gasteiger partial charge in [0, 0.05) is 30.9 Å². The minimum Gasteiger partial charge on any atom is -0.371 e. The number of piperazine rings is 1. The maximum Gasteiger partial charge on any atom is 0.222 e. The Balaban J connectivity index is 0.00000108. The number of fused-ring (bicyclic) bond motifs is 1. The molecule has 96 valence electrons. The summed E-state index contributed by atoms with van der Waals surface area (Å²) >= 11 is 0. The second-order valence-corrected chi connectivity index (χ2v) is 5.40. The van der Waals surface area contributed by atoms with Crippen molar-refractivity contribution in [3.63, 3.8) is 0 Å². The number of hydrogen-bond donors (Lipinski definition) is 2. The molecule has 3 aliphatic rings. The average Bonchev–Trinajstić information content (AvgIpc) is 2.25. The van der Waals surface area contributed by atoms with Crippen molar-refractivity contribution in [2.75, 3.05) is 19.6 Å². The summed E-state index contributed by atoms with van der Waals surface area (Å²) in [5.74, 6) is -0.143. The molecule has 3 rings (SSSR count). The lowest BCUT2D eigenvalue weighted by molar-refractivity contribution is -0.122. The van der Waals surface area contributed by atoms with E-state index in [0.717, 1.165) is 26.1 Å². The molecule has 17 heavy (non-hydrogen) atoms. The number of nitrogens with one attached hydrogen (secondary N) is 1. The third kappa shape index (κ3) is 2.16. The van der Waals surface area contributed by atoms with Crippen LogP contribution in [0, 0.1) is 5.92 Å². The van der Waals surface area contributed by atoms with Crippen LogP contribution < -0.4 is 11.1 Å². The van der Waals surface area contributed by atoms with Crippen molar-refractivity contribution in [1.82, 2.24) is 10.2 Å². The first-order chi connectivity index (χ1) is 7.69. The van der Waals surface area contributed by atoms with Crippen LogP contribution in [-0.2, 0) is 4.79 Å². The Morgan fingerprint density at radius 1 is 1.53 bits per heavy atom. The van der Waals surface area contributed by atoms with Crippen LogP contribution in [0.15, 0.2) is 11.8 Å². The fraction of sp³-hybridized carbons (Fsp3) is 0.750. The van der Waals surface area contributed by atoms with Crippen molar-refractivity contribution in [1.29, 1.82) is 0 Å². The molecule has 0 aromatic carbocycles. The Labute approximate surface area is 108 Å². The smallest absolute Gasteiger partial charge is 0.222 e. The third-order valence-electron chi connectivity index (χ3n) is 4.34. The van der Waals surface area contributed by atoms with Gasteiger partial charge in [-0.3, -0.25) is 4.79 Å². The van der Waals surface area contributed by atoms with Crippen molar-refractivity contribution < 1.29 is 4.79 Å². The number of primary amides is 1. The molecule has 0 bridgehead atoms. The van der Waals surface area contributed by atoms with E-state index in [0.29, 0.717) is 5.54 Å². The monoisotopic (exact) mass is 257 g/mol. The van der Waals surface area contributed by atoms with Gasteiger partial charge in [-0.25, -0.2) is 0 Å².